The highest BCUT2D eigenvalue weighted by atomic mass is 15.2. The van der Waals surface area contributed by atoms with Gasteiger partial charge in [0.25, 0.3) is 0 Å². The summed E-state index contributed by atoms with van der Waals surface area (Å²) in [6, 6.07) is 4.57. The van der Waals surface area contributed by atoms with E-state index >= 15 is 0 Å². The van der Waals surface area contributed by atoms with E-state index in [2.05, 4.69) is 16.0 Å². The molecule has 0 amide bonds. The lowest BCUT2D eigenvalue weighted by atomic mass is 10.0. The average molecular weight is 244 g/mol. The van der Waals surface area contributed by atoms with Crippen LogP contribution in [0, 0.1) is 25.2 Å². The van der Waals surface area contributed by atoms with E-state index in [-0.39, 0.29) is 0 Å². The molecule has 1 atom stereocenters. The van der Waals surface area contributed by atoms with Crippen molar-refractivity contribution in [3.05, 3.63) is 22.9 Å². The molecule has 0 radical (unpaired) electrons. The molecule has 1 aromatic heterocycles. The molecule has 2 rings (SSSR count). The van der Waals surface area contributed by atoms with Gasteiger partial charge in [0.15, 0.2) is 0 Å². The SMILES string of the molecule is Cc1cc(C)c(C#N)c(N2CCCCC2CN)n1. The number of hydrogen-bond donors (Lipinski definition) is 1. The highest BCUT2D eigenvalue weighted by molar-refractivity contribution is 5.59. The van der Waals surface area contributed by atoms with Gasteiger partial charge >= 0.3 is 0 Å². The standard InChI is InChI=1S/C14H20N4/c1-10-7-11(2)17-14(13(10)9-16)18-6-4-3-5-12(18)8-15/h7,12H,3-6,8,15H2,1-2H3. The van der Waals surface area contributed by atoms with Crippen LogP contribution in [0.15, 0.2) is 6.07 Å². The van der Waals surface area contributed by atoms with E-state index in [1.54, 1.807) is 0 Å². The summed E-state index contributed by atoms with van der Waals surface area (Å²) in [6.45, 7) is 5.52. The number of pyridine rings is 1. The number of nitrogens with zero attached hydrogens (tertiary/aromatic N) is 3. The number of piperidine rings is 1. The van der Waals surface area contributed by atoms with E-state index in [4.69, 9.17) is 5.73 Å². The molecular formula is C14H20N4. The summed E-state index contributed by atoms with van der Waals surface area (Å²) < 4.78 is 0. The van der Waals surface area contributed by atoms with Crippen LogP contribution >= 0.6 is 0 Å². The van der Waals surface area contributed by atoms with Crippen molar-refractivity contribution in [1.82, 2.24) is 4.98 Å². The van der Waals surface area contributed by atoms with E-state index < -0.39 is 0 Å². The lowest BCUT2D eigenvalue weighted by Gasteiger charge is -2.36. The first-order chi connectivity index (χ1) is 8.67. The summed E-state index contributed by atoms with van der Waals surface area (Å²) in [7, 11) is 0. The fourth-order valence-electron chi connectivity index (χ4n) is 2.69. The monoisotopic (exact) mass is 244 g/mol. The predicted molar refractivity (Wildman–Crippen MR) is 72.5 cm³/mol. The first-order valence-electron chi connectivity index (χ1n) is 6.52. The van der Waals surface area contributed by atoms with Crippen LogP contribution in [0.4, 0.5) is 5.82 Å². The Hall–Kier alpha value is -1.60. The molecule has 1 aliphatic heterocycles. The molecule has 0 spiro atoms. The Bertz CT molecular complexity index is 475. The normalized spacial score (nSPS) is 19.7. The third-order valence-electron chi connectivity index (χ3n) is 3.61. The van der Waals surface area contributed by atoms with Crippen LogP contribution in [-0.4, -0.2) is 24.1 Å². The zero-order chi connectivity index (χ0) is 13.1. The van der Waals surface area contributed by atoms with Crippen molar-refractivity contribution in [3.8, 4) is 6.07 Å². The smallest absolute Gasteiger partial charge is 0.147 e. The maximum absolute atomic E-state index is 9.33. The second kappa shape index (κ2) is 5.36. The van der Waals surface area contributed by atoms with Gasteiger partial charge < -0.3 is 10.6 Å². The van der Waals surface area contributed by atoms with Gasteiger partial charge in [-0.15, -0.1) is 0 Å². The maximum atomic E-state index is 9.33. The molecule has 1 saturated heterocycles. The Morgan fingerprint density at radius 1 is 1.50 bits per heavy atom. The second-order valence-corrected chi connectivity index (χ2v) is 4.97. The van der Waals surface area contributed by atoms with Crippen molar-refractivity contribution in [1.29, 1.82) is 5.26 Å². The Labute approximate surface area is 108 Å². The van der Waals surface area contributed by atoms with Crippen LogP contribution in [0.3, 0.4) is 0 Å². The number of hydrogen-bond acceptors (Lipinski definition) is 4. The highest BCUT2D eigenvalue weighted by Crippen LogP contribution is 2.27. The predicted octanol–water partition coefficient (Wildman–Crippen LogP) is 1.89. The molecule has 0 aliphatic carbocycles. The molecule has 1 aliphatic rings. The minimum atomic E-state index is 0.319. The first kappa shape index (κ1) is 12.8. The summed E-state index contributed by atoms with van der Waals surface area (Å²) in [5.74, 6) is 0.824. The quantitative estimate of drug-likeness (QED) is 0.862. The van der Waals surface area contributed by atoms with Crippen molar-refractivity contribution in [2.24, 2.45) is 5.73 Å². The Kier molecular flexibility index (Phi) is 3.83. The summed E-state index contributed by atoms with van der Waals surface area (Å²) in [5, 5.41) is 9.33. The molecule has 1 aromatic rings. The Balaban J connectivity index is 2.45. The van der Waals surface area contributed by atoms with Crippen molar-refractivity contribution in [2.45, 2.75) is 39.2 Å². The molecular weight excluding hydrogens is 224 g/mol. The van der Waals surface area contributed by atoms with Crippen molar-refractivity contribution in [2.75, 3.05) is 18.0 Å². The summed E-state index contributed by atoms with van der Waals surface area (Å²) in [5.41, 5.74) is 8.50. The molecule has 1 unspecified atom stereocenters. The number of aromatic nitrogens is 1. The Morgan fingerprint density at radius 3 is 2.94 bits per heavy atom. The van der Waals surface area contributed by atoms with Gasteiger partial charge in [0.05, 0.1) is 5.56 Å². The molecule has 1 fully saturated rings. The molecule has 18 heavy (non-hydrogen) atoms. The van der Waals surface area contributed by atoms with E-state index in [1.807, 2.05) is 19.9 Å². The van der Waals surface area contributed by atoms with E-state index in [0.29, 0.717) is 18.2 Å². The first-order valence-corrected chi connectivity index (χ1v) is 6.52. The molecule has 0 saturated carbocycles. The van der Waals surface area contributed by atoms with Crippen LogP contribution in [-0.2, 0) is 0 Å². The molecule has 2 N–H and O–H groups in total. The zero-order valence-corrected chi connectivity index (χ0v) is 11.1. The van der Waals surface area contributed by atoms with Crippen LogP contribution in [0.2, 0.25) is 0 Å². The average Bonchev–Trinajstić information content (AvgIpc) is 2.38. The lowest BCUT2D eigenvalue weighted by Crippen LogP contribution is -2.45. The van der Waals surface area contributed by atoms with Gasteiger partial charge in [0.1, 0.15) is 11.9 Å². The summed E-state index contributed by atoms with van der Waals surface area (Å²) in [6.07, 6.45) is 3.46. The minimum absolute atomic E-state index is 0.319. The molecule has 4 heteroatoms. The third kappa shape index (κ3) is 2.32. The van der Waals surface area contributed by atoms with Crippen LogP contribution in [0.5, 0.6) is 0 Å². The van der Waals surface area contributed by atoms with E-state index in [0.717, 1.165) is 36.5 Å². The van der Waals surface area contributed by atoms with Crippen molar-refractivity contribution >= 4 is 5.82 Å². The van der Waals surface area contributed by atoms with Gasteiger partial charge in [0, 0.05) is 24.8 Å². The topological polar surface area (TPSA) is 65.9 Å². The summed E-state index contributed by atoms with van der Waals surface area (Å²) >= 11 is 0. The number of nitriles is 1. The van der Waals surface area contributed by atoms with Gasteiger partial charge in [-0.3, -0.25) is 0 Å². The fourth-order valence-corrected chi connectivity index (χ4v) is 2.69. The highest BCUT2D eigenvalue weighted by Gasteiger charge is 2.25. The minimum Gasteiger partial charge on any atom is -0.351 e. The fraction of sp³-hybridized carbons (Fsp3) is 0.571. The second-order valence-electron chi connectivity index (χ2n) is 4.97. The molecule has 4 nitrogen and oxygen atoms in total. The number of rotatable bonds is 2. The molecule has 0 aromatic carbocycles. The third-order valence-corrected chi connectivity index (χ3v) is 3.61. The van der Waals surface area contributed by atoms with Crippen LogP contribution in [0.1, 0.15) is 36.1 Å². The van der Waals surface area contributed by atoms with Crippen molar-refractivity contribution < 1.29 is 0 Å². The lowest BCUT2D eigenvalue weighted by molar-refractivity contribution is 0.461. The molecule has 96 valence electrons. The number of nitrogens with two attached hydrogens (primary N) is 1. The number of aryl methyl sites for hydroxylation is 2. The van der Waals surface area contributed by atoms with Gasteiger partial charge in [0.2, 0.25) is 0 Å². The van der Waals surface area contributed by atoms with Crippen LogP contribution < -0.4 is 10.6 Å². The summed E-state index contributed by atoms with van der Waals surface area (Å²) in [4.78, 5) is 6.80. The molecule has 2 heterocycles. The van der Waals surface area contributed by atoms with Gasteiger partial charge in [-0.25, -0.2) is 4.98 Å². The van der Waals surface area contributed by atoms with Gasteiger partial charge in [-0.05, 0) is 44.7 Å². The van der Waals surface area contributed by atoms with Gasteiger partial charge in [-0.2, -0.15) is 5.26 Å². The van der Waals surface area contributed by atoms with Gasteiger partial charge in [-0.1, -0.05) is 0 Å². The number of anilines is 1. The molecule has 0 bridgehead atoms. The maximum Gasteiger partial charge on any atom is 0.147 e. The van der Waals surface area contributed by atoms with E-state index in [1.165, 1.54) is 6.42 Å². The van der Waals surface area contributed by atoms with E-state index in [9.17, 15) is 5.26 Å². The zero-order valence-electron chi connectivity index (χ0n) is 11.1. The largest absolute Gasteiger partial charge is 0.351 e. The van der Waals surface area contributed by atoms with Crippen molar-refractivity contribution in [3.63, 3.8) is 0 Å². The van der Waals surface area contributed by atoms with Crippen LogP contribution in [0.25, 0.3) is 0 Å². The Morgan fingerprint density at radius 2 is 2.28 bits per heavy atom.